The minimum atomic E-state index is -0.448. The SMILES string of the molecule is CCCCCC(C)=Nc1cc(/C=C/C(N)=O)ccc1NC(C)CCCNC. The number of anilines is 1. The molecule has 0 bridgehead atoms. The van der Waals surface area contributed by atoms with Crippen LogP contribution in [0.3, 0.4) is 0 Å². The standard InChI is InChI=1S/C22H36N4O/c1-5-6-7-9-17(2)26-21-16-19(12-14-22(23)27)11-13-20(21)25-18(3)10-8-15-24-4/h11-14,16,18,24-25H,5-10,15H2,1-4H3,(H2,23,27)/b14-12+,26-17?. The van der Waals surface area contributed by atoms with Gasteiger partial charge in [-0.2, -0.15) is 0 Å². The summed E-state index contributed by atoms with van der Waals surface area (Å²) in [6.45, 7) is 7.50. The molecule has 0 radical (unpaired) electrons. The molecule has 1 unspecified atom stereocenters. The van der Waals surface area contributed by atoms with E-state index in [1.165, 1.54) is 18.9 Å². The van der Waals surface area contributed by atoms with Crippen LogP contribution in [0, 0.1) is 0 Å². The van der Waals surface area contributed by atoms with Crippen molar-refractivity contribution in [3.05, 3.63) is 29.8 Å². The van der Waals surface area contributed by atoms with Gasteiger partial charge in [0.05, 0.1) is 11.4 Å². The second-order valence-corrected chi connectivity index (χ2v) is 7.11. The minimum Gasteiger partial charge on any atom is -0.381 e. The van der Waals surface area contributed by atoms with Gasteiger partial charge in [0.1, 0.15) is 0 Å². The van der Waals surface area contributed by atoms with E-state index in [4.69, 9.17) is 10.7 Å². The number of nitrogens with one attached hydrogen (secondary N) is 2. The molecule has 150 valence electrons. The largest absolute Gasteiger partial charge is 0.381 e. The molecule has 0 fully saturated rings. The van der Waals surface area contributed by atoms with Crippen LogP contribution in [0.5, 0.6) is 0 Å². The van der Waals surface area contributed by atoms with Crippen molar-refractivity contribution in [2.75, 3.05) is 18.9 Å². The molecule has 27 heavy (non-hydrogen) atoms. The van der Waals surface area contributed by atoms with Crippen molar-refractivity contribution in [3.8, 4) is 0 Å². The Balaban J connectivity index is 2.98. The summed E-state index contributed by atoms with van der Waals surface area (Å²) >= 11 is 0. The van der Waals surface area contributed by atoms with Crippen LogP contribution in [-0.4, -0.2) is 31.3 Å². The van der Waals surface area contributed by atoms with Crippen molar-refractivity contribution in [2.45, 2.75) is 65.3 Å². The Morgan fingerprint density at radius 3 is 2.74 bits per heavy atom. The van der Waals surface area contributed by atoms with Crippen LogP contribution in [-0.2, 0) is 4.79 Å². The molecule has 1 atom stereocenters. The van der Waals surface area contributed by atoms with Gasteiger partial charge in [-0.15, -0.1) is 0 Å². The normalized spacial score (nSPS) is 13.1. The third-order valence-corrected chi connectivity index (χ3v) is 4.38. The lowest BCUT2D eigenvalue weighted by Gasteiger charge is -2.17. The molecule has 0 aromatic heterocycles. The highest BCUT2D eigenvalue weighted by Crippen LogP contribution is 2.29. The molecule has 5 heteroatoms. The van der Waals surface area contributed by atoms with E-state index in [9.17, 15) is 4.79 Å². The molecule has 0 saturated heterocycles. The maximum atomic E-state index is 11.0. The van der Waals surface area contributed by atoms with Crippen LogP contribution in [0.15, 0.2) is 29.3 Å². The van der Waals surface area contributed by atoms with Gasteiger partial charge in [0.2, 0.25) is 5.91 Å². The zero-order valence-electron chi connectivity index (χ0n) is 17.3. The van der Waals surface area contributed by atoms with E-state index in [-0.39, 0.29) is 0 Å². The van der Waals surface area contributed by atoms with Crippen LogP contribution < -0.4 is 16.4 Å². The van der Waals surface area contributed by atoms with Gasteiger partial charge in [-0.25, -0.2) is 0 Å². The van der Waals surface area contributed by atoms with Crippen molar-refractivity contribution in [1.29, 1.82) is 0 Å². The second-order valence-electron chi connectivity index (χ2n) is 7.11. The molecule has 1 rings (SSSR count). The van der Waals surface area contributed by atoms with Crippen LogP contribution in [0.25, 0.3) is 6.08 Å². The number of primary amides is 1. The number of hydrogen-bond acceptors (Lipinski definition) is 4. The Hall–Kier alpha value is -2.14. The highest BCUT2D eigenvalue weighted by molar-refractivity contribution is 5.91. The van der Waals surface area contributed by atoms with Crippen molar-refractivity contribution < 1.29 is 4.79 Å². The Morgan fingerprint density at radius 2 is 2.07 bits per heavy atom. The third-order valence-electron chi connectivity index (χ3n) is 4.38. The first-order valence-electron chi connectivity index (χ1n) is 10.0. The monoisotopic (exact) mass is 372 g/mol. The van der Waals surface area contributed by atoms with Gasteiger partial charge in [0, 0.05) is 17.8 Å². The number of hydrogen-bond donors (Lipinski definition) is 3. The second kappa shape index (κ2) is 13.1. The number of benzene rings is 1. The summed E-state index contributed by atoms with van der Waals surface area (Å²) in [7, 11) is 1.98. The first-order chi connectivity index (χ1) is 13.0. The first kappa shape index (κ1) is 22.9. The van der Waals surface area contributed by atoms with E-state index in [1.807, 2.05) is 25.2 Å². The molecular weight excluding hydrogens is 336 g/mol. The van der Waals surface area contributed by atoms with Crippen molar-refractivity contribution in [1.82, 2.24) is 5.32 Å². The minimum absolute atomic E-state index is 0.361. The molecular formula is C22H36N4O. The molecule has 0 saturated carbocycles. The molecule has 0 aliphatic heterocycles. The maximum Gasteiger partial charge on any atom is 0.241 e. The molecule has 1 aromatic rings. The highest BCUT2D eigenvalue weighted by Gasteiger charge is 2.08. The van der Waals surface area contributed by atoms with Crippen LogP contribution in [0.4, 0.5) is 11.4 Å². The summed E-state index contributed by atoms with van der Waals surface area (Å²) in [6.07, 6.45) is 9.92. The molecule has 5 nitrogen and oxygen atoms in total. The number of nitrogens with two attached hydrogens (primary N) is 1. The van der Waals surface area contributed by atoms with E-state index < -0.39 is 5.91 Å². The van der Waals surface area contributed by atoms with E-state index in [0.29, 0.717) is 6.04 Å². The van der Waals surface area contributed by atoms with Crippen molar-refractivity contribution in [2.24, 2.45) is 10.7 Å². The number of carbonyl (C=O) groups is 1. The number of amides is 1. The molecule has 0 aliphatic carbocycles. The first-order valence-corrected chi connectivity index (χ1v) is 10.0. The highest BCUT2D eigenvalue weighted by atomic mass is 16.1. The lowest BCUT2D eigenvalue weighted by Crippen LogP contribution is -2.18. The fourth-order valence-electron chi connectivity index (χ4n) is 2.86. The van der Waals surface area contributed by atoms with Gasteiger partial charge >= 0.3 is 0 Å². The average Bonchev–Trinajstić information content (AvgIpc) is 2.62. The summed E-state index contributed by atoms with van der Waals surface area (Å²) in [5, 5.41) is 6.77. The zero-order chi connectivity index (χ0) is 20.1. The van der Waals surface area contributed by atoms with Crippen molar-refractivity contribution >= 4 is 29.1 Å². The molecule has 0 spiro atoms. The molecule has 0 aliphatic rings. The summed E-state index contributed by atoms with van der Waals surface area (Å²) in [4.78, 5) is 15.9. The topological polar surface area (TPSA) is 79.5 Å². The lowest BCUT2D eigenvalue weighted by molar-refractivity contribution is -0.113. The van der Waals surface area contributed by atoms with Gasteiger partial charge in [-0.1, -0.05) is 25.8 Å². The van der Waals surface area contributed by atoms with E-state index in [1.54, 1.807) is 6.08 Å². The number of rotatable bonds is 13. The fraction of sp³-hybridized carbons (Fsp3) is 0.545. The van der Waals surface area contributed by atoms with E-state index >= 15 is 0 Å². The predicted octanol–water partition coefficient (Wildman–Crippen LogP) is 4.66. The van der Waals surface area contributed by atoms with Crippen LogP contribution in [0.2, 0.25) is 0 Å². The molecule has 1 amide bonds. The Kier molecular flexibility index (Phi) is 11.1. The predicted molar refractivity (Wildman–Crippen MR) is 118 cm³/mol. The van der Waals surface area contributed by atoms with Crippen LogP contribution >= 0.6 is 0 Å². The fourth-order valence-corrected chi connectivity index (χ4v) is 2.86. The molecule has 1 aromatic carbocycles. The summed E-state index contributed by atoms with van der Waals surface area (Å²) in [5.41, 5.74) is 9.20. The average molecular weight is 373 g/mol. The summed E-state index contributed by atoms with van der Waals surface area (Å²) in [5.74, 6) is -0.448. The number of carbonyl (C=O) groups excluding carboxylic acids is 1. The number of nitrogens with zero attached hydrogens (tertiary/aromatic N) is 1. The van der Waals surface area contributed by atoms with E-state index in [0.717, 1.165) is 54.9 Å². The van der Waals surface area contributed by atoms with E-state index in [2.05, 4.69) is 31.4 Å². The Labute approximate surface area is 164 Å². The van der Waals surface area contributed by atoms with Crippen molar-refractivity contribution in [3.63, 3.8) is 0 Å². The van der Waals surface area contributed by atoms with Gasteiger partial charge in [0.15, 0.2) is 0 Å². The van der Waals surface area contributed by atoms with Crippen LogP contribution in [0.1, 0.15) is 64.9 Å². The lowest BCUT2D eigenvalue weighted by atomic mass is 10.1. The Morgan fingerprint density at radius 1 is 1.30 bits per heavy atom. The maximum absolute atomic E-state index is 11.0. The smallest absolute Gasteiger partial charge is 0.241 e. The van der Waals surface area contributed by atoms with Gasteiger partial charge in [-0.05, 0) is 76.9 Å². The van der Waals surface area contributed by atoms with Gasteiger partial charge in [0.25, 0.3) is 0 Å². The molecule has 4 N–H and O–H groups in total. The number of aliphatic imine (C=N–C) groups is 1. The van der Waals surface area contributed by atoms with Gasteiger partial charge in [-0.3, -0.25) is 9.79 Å². The van der Waals surface area contributed by atoms with Gasteiger partial charge < -0.3 is 16.4 Å². The quantitative estimate of drug-likeness (QED) is 0.268. The number of unbranched alkanes of at least 4 members (excludes halogenated alkanes) is 2. The zero-order valence-corrected chi connectivity index (χ0v) is 17.3. The summed E-state index contributed by atoms with van der Waals surface area (Å²) < 4.78 is 0. The Bertz CT molecular complexity index is 637. The summed E-state index contributed by atoms with van der Waals surface area (Å²) in [6, 6.07) is 6.38. The third kappa shape index (κ3) is 9.94. The molecule has 0 heterocycles.